The molecule has 0 aromatic heterocycles. The third kappa shape index (κ3) is 4.99. The Labute approximate surface area is 151 Å². The lowest BCUT2D eigenvalue weighted by atomic mass is 9.93. The molecule has 26 heavy (non-hydrogen) atoms. The van der Waals surface area contributed by atoms with E-state index >= 15 is 0 Å². The third-order valence-electron chi connectivity index (χ3n) is 4.32. The minimum absolute atomic E-state index is 0.122. The molecule has 0 aliphatic carbocycles. The second-order valence-electron chi connectivity index (χ2n) is 6.50. The van der Waals surface area contributed by atoms with Crippen molar-refractivity contribution in [2.75, 3.05) is 0 Å². The summed E-state index contributed by atoms with van der Waals surface area (Å²) in [7, 11) is 0. The van der Waals surface area contributed by atoms with Gasteiger partial charge in [-0.05, 0) is 36.1 Å². The van der Waals surface area contributed by atoms with Gasteiger partial charge in [0, 0.05) is 19.0 Å². The molecule has 5 heteroatoms. The monoisotopic (exact) mass is 357 g/mol. The van der Waals surface area contributed by atoms with Crippen molar-refractivity contribution in [1.29, 1.82) is 0 Å². The van der Waals surface area contributed by atoms with Gasteiger partial charge in [0.05, 0.1) is 12.2 Å². The van der Waals surface area contributed by atoms with Crippen molar-refractivity contribution in [2.24, 2.45) is 0 Å². The maximum atomic E-state index is 13.6. The van der Waals surface area contributed by atoms with Crippen molar-refractivity contribution in [3.63, 3.8) is 0 Å². The minimum Gasteiger partial charge on any atom is -0.366 e. The zero-order valence-corrected chi connectivity index (χ0v) is 14.5. The standard InChI is InChI=1S/C21H21F2NO2/c1-14(25)24-19-12-20(8-7-15-5-3-2-4-6-15)26-21(13-19)16-9-17(22)11-18(23)10-16/h2-11,19-21H,12-13H2,1H3,(H,24,25)/b8-7+/t19-,20+,21+/m1/s1. The fraction of sp³-hybridized carbons (Fsp3) is 0.286. The summed E-state index contributed by atoms with van der Waals surface area (Å²) in [5.74, 6) is -1.41. The van der Waals surface area contributed by atoms with Crippen molar-refractivity contribution in [1.82, 2.24) is 5.32 Å². The average molecular weight is 357 g/mol. The predicted octanol–water partition coefficient (Wildman–Crippen LogP) is 4.40. The molecule has 3 rings (SSSR count). The Morgan fingerprint density at radius 1 is 1.12 bits per heavy atom. The lowest BCUT2D eigenvalue weighted by molar-refractivity contribution is -0.121. The van der Waals surface area contributed by atoms with E-state index in [9.17, 15) is 13.6 Å². The zero-order chi connectivity index (χ0) is 18.5. The van der Waals surface area contributed by atoms with Gasteiger partial charge in [-0.1, -0.05) is 42.5 Å². The molecule has 0 radical (unpaired) electrons. The number of ether oxygens (including phenoxy) is 1. The molecule has 1 saturated heterocycles. The zero-order valence-electron chi connectivity index (χ0n) is 14.5. The van der Waals surface area contributed by atoms with Crippen LogP contribution in [0.25, 0.3) is 6.08 Å². The van der Waals surface area contributed by atoms with Crippen LogP contribution in [0.15, 0.2) is 54.6 Å². The van der Waals surface area contributed by atoms with E-state index in [4.69, 9.17) is 4.74 Å². The Balaban J connectivity index is 1.80. The van der Waals surface area contributed by atoms with Gasteiger partial charge in [-0.2, -0.15) is 0 Å². The first kappa shape index (κ1) is 18.3. The minimum atomic E-state index is -0.637. The molecule has 3 atom stereocenters. The fourth-order valence-corrected chi connectivity index (χ4v) is 3.24. The summed E-state index contributed by atoms with van der Waals surface area (Å²) in [4.78, 5) is 11.5. The molecule has 1 fully saturated rings. The first-order valence-corrected chi connectivity index (χ1v) is 8.61. The molecule has 1 aliphatic heterocycles. The van der Waals surface area contributed by atoms with Crippen LogP contribution >= 0.6 is 0 Å². The van der Waals surface area contributed by atoms with Gasteiger partial charge in [-0.15, -0.1) is 0 Å². The molecule has 1 aliphatic rings. The Hall–Kier alpha value is -2.53. The van der Waals surface area contributed by atoms with Gasteiger partial charge in [0.1, 0.15) is 11.6 Å². The summed E-state index contributed by atoms with van der Waals surface area (Å²) in [5.41, 5.74) is 1.47. The SMILES string of the molecule is CC(=O)N[C@H]1C[C@@H](c2cc(F)cc(F)c2)O[C@@H](/C=C/c2ccccc2)C1. The van der Waals surface area contributed by atoms with E-state index in [2.05, 4.69) is 5.32 Å². The maximum absolute atomic E-state index is 13.6. The number of carbonyl (C=O) groups excluding carboxylic acids is 1. The molecule has 1 amide bonds. The largest absolute Gasteiger partial charge is 0.366 e. The van der Waals surface area contributed by atoms with Crippen LogP contribution in [0.1, 0.15) is 37.0 Å². The number of amides is 1. The normalized spacial score (nSPS) is 23.1. The van der Waals surface area contributed by atoms with Crippen molar-refractivity contribution in [2.45, 2.75) is 38.0 Å². The second kappa shape index (κ2) is 8.23. The van der Waals surface area contributed by atoms with Gasteiger partial charge >= 0.3 is 0 Å². The number of nitrogens with one attached hydrogen (secondary N) is 1. The molecule has 2 aromatic rings. The Morgan fingerprint density at radius 3 is 2.46 bits per heavy atom. The summed E-state index contributed by atoms with van der Waals surface area (Å²) in [6, 6.07) is 13.1. The number of hydrogen-bond acceptors (Lipinski definition) is 2. The van der Waals surface area contributed by atoms with Crippen LogP contribution in [0, 0.1) is 11.6 Å². The number of rotatable bonds is 4. The van der Waals surface area contributed by atoms with Gasteiger partial charge in [0.25, 0.3) is 0 Å². The van der Waals surface area contributed by atoms with Crippen LogP contribution in [0.3, 0.4) is 0 Å². The van der Waals surface area contributed by atoms with E-state index < -0.39 is 17.7 Å². The molecular weight excluding hydrogens is 336 g/mol. The number of halogens is 2. The van der Waals surface area contributed by atoms with E-state index in [0.717, 1.165) is 11.6 Å². The van der Waals surface area contributed by atoms with E-state index in [-0.39, 0.29) is 18.1 Å². The fourth-order valence-electron chi connectivity index (χ4n) is 3.24. The molecular formula is C21H21F2NO2. The van der Waals surface area contributed by atoms with Gasteiger partial charge in [0.2, 0.25) is 5.91 Å². The van der Waals surface area contributed by atoms with E-state index in [1.165, 1.54) is 19.1 Å². The smallest absolute Gasteiger partial charge is 0.217 e. The molecule has 3 nitrogen and oxygen atoms in total. The third-order valence-corrected chi connectivity index (χ3v) is 4.32. The van der Waals surface area contributed by atoms with Gasteiger partial charge in [-0.25, -0.2) is 8.78 Å². The van der Waals surface area contributed by atoms with E-state index in [1.807, 2.05) is 42.5 Å². The first-order valence-electron chi connectivity index (χ1n) is 8.61. The molecule has 2 aromatic carbocycles. The molecule has 0 saturated carbocycles. The first-order chi connectivity index (χ1) is 12.5. The summed E-state index contributed by atoms with van der Waals surface area (Å²) in [5, 5.41) is 2.90. The van der Waals surface area contributed by atoms with Crippen LogP contribution in [0.5, 0.6) is 0 Å². The summed E-state index contributed by atoms with van der Waals surface area (Å²) < 4.78 is 33.2. The summed E-state index contributed by atoms with van der Waals surface area (Å²) in [6.45, 7) is 1.46. The molecule has 0 spiro atoms. The van der Waals surface area contributed by atoms with Crippen LogP contribution in [0.2, 0.25) is 0 Å². The lowest BCUT2D eigenvalue weighted by Crippen LogP contribution is -2.41. The predicted molar refractivity (Wildman–Crippen MR) is 96.3 cm³/mol. The molecule has 1 heterocycles. The Morgan fingerprint density at radius 2 is 1.81 bits per heavy atom. The number of benzene rings is 2. The Kier molecular flexibility index (Phi) is 5.78. The lowest BCUT2D eigenvalue weighted by Gasteiger charge is -2.35. The van der Waals surface area contributed by atoms with Gasteiger partial charge in [0.15, 0.2) is 0 Å². The molecule has 0 bridgehead atoms. The van der Waals surface area contributed by atoms with E-state index in [0.29, 0.717) is 18.4 Å². The average Bonchev–Trinajstić information content (AvgIpc) is 2.59. The highest BCUT2D eigenvalue weighted by Crippen LogP contribution is 2.33. The summed E-state index contributed by atoms with van der Waals surface area (Å²) in [6.07, 6.45) is 4.19. The quantitative estimate of drug-likeness (QED) is 0.881. The molecule has 136 valence electrons. The van der Waals surface area contributed by atoms with Crippen molar-refractivity contribution < 1.29 is 18.3 Å². The maximum Gasteiger partial charge on any atom is 0.217 e. The van der Waals surface area contributed by atoms with Crippen LogP contribution in [0.4, 0.5) is 8.78 Å². The van der Waals surface area contributed by atoms with Crippen molar-refractivity contribution >= 4 is 12.0 Å². The Bertz CT molecular complexity index is 772. The van der Waals surface area contributed by atoms with E-state index in [1.54, 1.807) is 0 Å². The van der Waals surface area contributed by atoms with Crippen molar-refractivity contribution in [3.8, 4) is 0 Å². The summed E-state index contributed by atoms with van der Waals surface area (Å²) >= 11 is 0. The van der Waals surface area contributed by atoms with Crippen LogP contribution in [-0.4, -0.2) is 18.1 Å². The van der Waals surface area contributed by atoms with Gasteiger partial charge < -0.3 is 10.1 Å². The number of carbonyl (C=O) groups is 1. The molecule has 1 N–H and O–H groups in total. The van der Waals surface area contributed by atoms with Gasteiger partial charge in [-0.3, -0.25) is 4.79 Å². The van der Waals surface area contributed by atoms with Crippen LogP contribution in [-0.2, 0) is 9.53 Å². The topological polar surface area (TPSA) is 38.3 Å². The highest BCUT2D eigenvalue weighted by molar-refractivity contribution is 5.73. The highest BCUT2D eigenvalue weighted by atomic mass is 19.1. The van der Waals surface area contributed by atoms with Crippen LogP contribution < -0.4 is 5.32 Å². The molecule has 0 unspecified atom stereocenters. The van der Waals surface area contributed by atoms with Crippen molar-refractivity contribution in [3.05, 3.63) is 77.4 Å². The number of hydrogen-bond donors (Lipinski definition) is 1. The highest BCUT2D eigenvalue weighted by Gasteiger charge is 2.30. The second-order valence-corrected chi connectivity index (χ2v) is 6.50.